The van der Waals surface area contributed by atoms with Crippen LogP contribution in [0.15, 0.2) is 18.2 Å². The van der Waals surface area contributed by atoms with Crippen molar-refractivity contribution >= 4 is 0 Å². The second-order valence-electron chi connectivity index (χ2n) is 4.89. The van der Waals surface area contributed by atoms with Crippen molar-refractivity contribution < 1.29 is 10.2 Å². The number of phenolic OH excluding ortho intramolecular Hbond substituents is 2. The zero-order valence-corrected chi connectivity index (χ0v) is 9.07. The van der Waals surface area contributed by atoms with Gasteiger partial charge in [0.1, 0.15) is 0 Å². The Morgan fingerprint density at radius 3 is 2.40 bits per heavy atom. The van der Waals surface area contributed by atoms with Gasteiger partial charge in [0.25, 0.3) is 0 Å². The molecule has 3 nitrogen and oxygen atoms in total. The lowest BCUT2D eigenvalue weighted by molar-refractivity contribution is 0.403. The monoisotopic (exact) mass is 207 g/mol. The molecule has 3 heteroatoms. The van der Waals surface area contributed by atoms with Crippen LogP contribution in [-0.4, -0.2) is 16.8 Å². The molecule has 0 aromatic heterocycles. The highest BCUT2D eigenvalue weighted by atomic mass is 16.3. The minimum absolute atomic E-state index is 0.0500. The molecule has 1 aromatic carbocycles. The summed E-state index contributed by atoms with van der Waals surface area (Å²) in [6.07, 6.45) is 0. The smallest absolute Gasteiger partial charge is 0.157 e. The molecule has 1 aromatic rings. The maximum absolute atomic E-state index is 9.42. The number of aromatic hydroxyl groups is 2. The first-order chi connectivity index (χ1) is 6.98. The Morgan fingerprint density at radius 2 is 1.93 bits per heavy atom. The molecule has 1 aliphatic carbocycles. The van der Waals surface area contributed by atoms with Crippen molar-refractivity contribution in [3.05, 3.63) is 23.8 Å². The van der Waals surface area contributed by atoms with Gasteiger partial charge in [-0.1, -0.05) is 19.9 Å². The summed E-state index contributed by atoms with van der Waals surface area (Å²) in [5.74, 6) is 0.753. The van der Waals surface area contributed by atoms with Gasteiger partial charge in [-0.3, -0.25) is 0 Å². The van der Waals surface area contributed by atoms with Gasteiger partial charge in [-0.25, -0.2) is 0 Å². The van der Waals surface area contributed by atoms with Crippen molar-refractivity contribution in [2.75, 3.05) is 6.54 Å². The van der Waals surface area contributed by atoms with Crippen LogP contribution in [0.4, 0.5) is 0 Å². The third-order valence-corrected chi connectivity index (χ3v) is 3.66. The third-order valence-electron chi connectivity index (χ3n) is 3.66. The van der Waals surface area contributed by atoms with Gasteiger partial charge in [-0.15, -0.1) is 0 Å². The quantitative estimate of drug-likeness (QED) is 0.648. The molecule has 82 valence electrons. The fourth-order valence-corrected chi connectivity index (χ4v) is 2.58. The molecule has 0 saturated heterocycles. The summed E-state index contributed by atoms with van der Waals surface area (Å²) in [5, 5.41) is 18.6. The lowest BCUT2D eigenvalue weighted by atomic mass is 10.0. The Kier molecular flexibility index (Phi) is 2.15. The molecule has 1 aliphatic rings. The first-order valence-electron chi connectivity index (χ1n) is 5.20. The van der Waals surface area contributed by atoms with Gasteiger partial charge in [0.15, 0.2) is 11.5 Å². The Balaban J connectivity index is 2.29. The Labute approximate surface area is 89.5 Å². The number of nitrogens with two attached hydrogens (primary N) is 1. The van der Waals surface area contributed by atoms with Gasteiger partial charge < -0.3 is 15.9 Å². The predicted molar refractivity (Wildman–Crippen MR) is 58.8 cm³/mol. The van der Waals surface area contributed by atoms with Crippen molar-refractivity contribution in [3.63, 3.8) is 0 Å². The van der Waals surface area contributed by atoms with Crippen LogP contribution in [0, 0.1) is 11.3 Å². The first-order valence-corrected chi connectivity index (χ1v) is 5.20. The molecule has 1 saturated carbocycles. The third kappa shape index (κ3) is 1.47. The molecule has 2 rings (SSSR count). The van der Waals surface area contributed by atoms with Crippen LogP contribution < -0.4 is 5.73 Å². The van der Waals surface area contributed by atoms with E-state index in [1.807, 2.05) is 6.07 Å². The maximum atomic E-state index is 9.42. The van der Waals surface area contributed by atoms with Gasteiger partial charge in [0, 0.05) is 0 Å². The normalized spacial score (nSPS) is 27.7. The maximum Gasteiger partial charge on any atom is 0.157 e. The summed E-state index contributed by atoms with van der Waals surface area (Å²) >= 11 is 0. The largest absolute Gasteiger partial charge is 0.504 e. The number of benzene rings is 1. The minimum Gasteiger partial charge on any atom is -0.504 e. The summed E-state index contributed by atoms with van der Waals surface area (Å²) < 4.78 is 0. The van der Waals surface area contributed by atoms with E-state index in [0.717, 1.165) is 5.56 Å². The standard InChI is InChI=1S/C12H17NO2/c1-12(2)8(6-13)11(12)7-3-4-9(14)10(15)5-7/h3-5,8,11,14-15H,6,13H2,1-2H3. The van der Waals surface area contributed by atoms with E-state index in [2.05, 4.69) is 13.8 Å². The van der Waals surface area contributed by atoms with Crippen molar-refractivity contribution in [1.29, 1.82) is 0 Å². The molecule has 0 bridgehead atoms. The minimum atomic E-state index is -0.0681. The average molecular weight is 207 g/mol. The number of rotatable bonds is 2. The number of hydrogen-bond acceptors (Lipinski definition) is 3. The van der Waals surface area contributed by atoms with Crippen molar-refractivity contribution in [1.82, 2.24) is 0 Å². The molecule has 0 radical (unpaired) electrons. The summed E-state index contributed by atoms with van der Waals surface area (Å²) in [4.78, 5) is 0. The van der Waals surface area contributed by atoms with Crippen LogP contribution in [-0.2, 0) is 0 Å². The lowest BCUT2D eigenvalue weighted by Crippen LogP contribution is -2.05. The molecular formula is C12H17NO2. The van der Waals surface area contributed by atoms with Gasteiger partial charge >= 0.3 is 0 Å². The number of phenols is 2. The Morgan fingerprint density at radius 1 is 1.27 bits per heavy atom. The lowest BCUT2D eigenvalue weighted by Gasteiger charge is -2.04. The summed E-state index contributed by atoms with van der Waals surface area (Å²) in [6, 6.07) is 5.03. The molecular weight excluding hydrogens is 190 g/mol. The van der Waals surface area contributed by atoms with Crippen molar-refractivity contribution in [3.8, 4) is 11.5 Å². The summed E-state index contributed by atoms with van der Waals surface area (Å²) in [5.41, 5.74) is 6.96. The molecule has 4 N–H and O–H groups in total. The van der Waals surface area contributed by atoms with Gasteiger partial charge in [0.2, 0.25) is 0 Å². The van der Waals surface area contributed by atoms with Crippen LogP contribution in [0.2, 0.25) is 0 Å². The second-order valence-corrected chi connectivity index (χ2v) is 4.89. The second kappa shape index (κ2) is 3.14. The summed E-state index contributed by atoms with van der Waals surface area (Å²) in [7, 11) is 0. The molecule has 1 fully saturated rings. The summed E-state index contributed by atoms with van der Waals surface area (Å²) in [6.45, 7) is 5.03. The molecule has 2 unspecified atom stereocenters. The van der Waals surface area contributed by atoms with Crippen LogP contribution in [0.1, 0.15) is 25.3 Å². The zero-order chi connectivity index (χ0) is 11.2. The van der Waals surface area contributed by atoms with E-state index in [9.17, 15) is 10.2 Å². The predicted octanol–water partition coefficient (Wildman–Crippen LogP) is 1.80. The van der Waals surface area contributed by atoms with E-state index < -0.39 is 0 Å². The van der Waals surface area contributed by atoms with E-state index in [4.69, 9.17) is 5.73 Å². The van der Waals surface area contributed by atoms with E-state index >= 15 is 0 Å². The van der Waals surface area contributed by atoms with Gasteiger partial charge in [-0.2, -0.15) is 0 Å². The van der Waals surface area contributed by atoms with E-state index in [-0.39, 0.29) is 16.9 Å². The number of hydrogen-bond donors (Lipinski definition) is 3. The average Bonchev–Trinajstić information content (AvgIpc) is 2.73. The van der Waals surface area contributed by atoms with Gasteiger partial charge in [-0.05, 0) is 41.5 Å². The van der Waals surface area contributed by atoms with E-state index in [1.54, 1.807) is 6.07 Å². The van der Waals surface area contributed by atoms with Crippen LogP contribution >= 0.6 is 0 Å². The van der Waals surface area contributed by atoms with Crippen molar-refractivity contribution in [2.24, 2.45) is 17.1 Å². The van der Waals surface area contributed by atoms with Gasteiger partial charge in [0.05, 0.1) is 0 Å². The van der Waals surface area contributed by atoms with E-state index in [1.165, 1.54) is 6.07 Å². The highest BCUT2D eigenvalue weighted by molar-refractivity contribution is 5.44. The highest BCUT2D eigenvalue weighted by Gasteiger charge is 2.57. The fraction of sp³-hybridized carbons (Fsp3) is 0.500. The van der Waals surface area contributed by atoms with Crippen LogP contribution in [0.3, 0.4) is 0 Å². The fourth-order valence-electron chi connectivity index (χ4n) is 2.58. The topological polar surface area (TPSA) is 66.5 Å². The Hall–Kier alpha value is -1.22. The molecule has 2 atom stereocenters. The molecule has 0 amide bonds. The highest BCUT2D eigenvalue weighted by Crippen LogP contribution is 2.64. The van der Waals surface area contributed by atoms with Crippen LogP contribution in [0.25, 0.3) is 0 Å². The Bertz CT molecular complexity index is 387. The van der Waals surface area contributed by atoms with E-state index in [0.29, 0.717) is 18.4 Å². The van der Waals surface area contributed by atoms with Crippen LogP contribution in [0.5, 0.6) is 11.5 Å². The molecule has 15 heavy (non-hydrogen) atoms. The molecule has 0 heterocycles. The SMILES string of the molecule is CC1(C)C(CN)C1c1ccc(O)c(O)c1. The van der Waals surface area contributed by atoms with Crippen molar-refractivity contribution in [2.45, 2.75) is 19.8 Å². The molecule has 0 aliphatic heterocycles. The first kappa shape index (κ1) is 10.3. The molecule has 0 spiro atoms. The zero-order valence-electron chi connectivity index (χ0n) is 9.07.